The fraction of sp³-hybridized carbons (Fsp3) is 0.172. The Morgan fingerprint density at radius 3 is 2.47 bits per heavy atom. The van der Waals surface area contributed by atoms with Crippen molar-refractivity contribution < 1.29 is 14.2 Å². The Kier molecular flexibility index (Phi) is 6.09. The van der Waals surface area contributed by atoms with E-state index in [0.717, 1.165) is 33.6 Å². The molecule has 0 radical (unpaired) electrons. The number of nitrogens with two attached hydrogens (primary N) is 1. The van der Waals surface area contributed by atoms with Crippen LogP contribution >= 0.6 is 0 Å². The van der Waals surface area contributed by atoms with Crippen LogP contribution < -0.4 is 19.9 Å². The lowest BCUT2D eigenvalue weighted by atomic mass is 9.84. The highest BCUT2D eigenvalue weighted by molar-refractivity contribution is 5.59. The molecule has 1 aliphatic heterocycles. The number of nitriles is 1. The van der Waals surface area contributed by atoms with E-state index >= 15 is 0 Å². The molecular formula is C29H26N4O3. The van der Waals surface area contributed by atoms with Crippen LogP contribution in [0.25, 0.3) is 5.69 Å². The fourth-order valence-corrected chi connectivity index (χ4v) is 4.43. The maximum Gasteiger partial charge on any atom is 0.229 e. The first kappa shape index (κ1) is 23.1. The van der Waals surface area contributed by atoms with Gasteiger partial charge < -0.3 is 19.9 Å². The molecule has 0 fully saturated rings. The summed E-state index contributed by atoms with van der Waals surface area (Å²) in [6.07, 6.45) is 0. The van der Waals surface area contributed by atoms with Crippen molar-refractivity contribution in [3.63, 3.8) is 0 Å². The average molecular weight is 479 g/mol. The highest BCUT2D eigenvalue weighted by atomic mass is 16.5. The van der Waals surface area contributed by atoms with Gasteiger partial charge in [-0.15, -0.1) is 0 Å². The van der Waals surface area contributed by atoms with Gasteiger partial charge in [-0.1, -0.05) is 54.1 Å². The average Bonchev–Trinajstić information content (AvgIpc) is 3.23. The second-order valence-electron chi connectivity index (χ2n) is 8.66. The summed E-state index contributed by atoms with van der Waals surface area (Å²) in [6.45, 7) is 4.35. The molecule has 0 spiro atoms. The van der Waals surface area contributed by atoms with Crippen LogP contribution in [0, 0.1) is 25.2 Å². The van der Waals surface area contributed by atoms with Gasteiger partial charge in [0, 0.05) is 0 Å². The summed E-state index contributed by atoms with van der Waals surface area (Å²) in [6, 6.07) is 25.8. The number of rotatable bonds is 6. The van der Waals surface area contributed by atoms with E-state index in [1.165, 1.54) is 0 Å². The van der Waals surface area contributed by atoms with Crippen LogP contribution in [-0.4, -0.2) is 16.9 Å². The standard InChI is InChI=1S/C29H26N4O3/c1-18-9-12-22(13-10-18)33-29-26(19(2)32-33)27(23(16-30)28(31)36-29)21-11-14-24(25(15-21)34-3)35-17-20-7-5-4-6-8-20/h4-15,27H,17,31H2,1-3H3/t27-/m0/s1. The number of hydrogen-bond donors (Lipinski definition) is 1. The zero-order chi connectivity index (χ0) is 25.2. The molecule has 1 aliphatic rings. The summed E-state index contributed by atoms with van der Waals surface area (Å²) >= 11 is 0. The van der Waals surface area contributed by atoms with Gasteiger partial charge in [-0.25, -0.2) is 4.68 Å². The van der Waals surface area contributed by atoms with Crippen molar-refractivity contribution in [2.75, 3.05) is 7.11 Å². The molecule has 1 aromatic heterocycles. The molecule has 5 rings (SSSR count). The van der Waals surface area contributed by atoms with Gasteiger partial charge in [0.25, 0.3) is 0 Å². The number of benzene rings is 3. The predicted molar refractivity (Wildman–Crippen MR) is 136 cm³/mol. The molecular weight excluding hydrogens is 452 g/mol. The molecule has 0 aliphatic carbocycles. The van der Waals surface area contributed by atoms with Gasteiger partial charge >= 0.3 is 0 Å². The second-order valence-corrected chi connectivity index (χ2v) is 8.66. The van der Waals surface area contributed by atoms with Gasteiger partial charge in [0.1, 0.15) is 18.2 Å². The summed E-state index contributed by atoms with van der Waals surface area (Å²) < 4.78 is 19.4. The highest BCUT2D eigenvalue weighted by Gasteiger charge is 2.36. The first-order chi connectivity index (χ1) is 17.5. The summed E-state index contributed by atoms with van der Waals surface area (Å²) in [5.74, 6) is 1.28. The van der Waals surface area contributed by atoms with Gasteiger partial charge in [0.15, 0.2) is 11.5 Å². The third kappa shape index (κ3) is 4.14. The lowest BCUT2D eigenvalue weighted by Gasteiger charge is -2.25. The number of ether oxygens (including phenoxy) is 3. The van der Waals surface area contributed by atoms with Crippen molar-refractivity contribution >= 4 is 0 Å². The minimum absolute atomic E-state index is 0.0617. The first-order valence-corrected chi connectivity index (χ1v) is 11.6. The minimum Gasteiger partial charge on any atom is -0.493 e. The molecule has 0 saturated carbocycles. The van der Waals surface area contributed by atoms with Gasteiger partial charge in [-0.3, -0.25) is 0 Å². The molecule has 7 heteroatoms. The highest BCUT2D eigenvalue weighted by Crippen LogP contribution is 2.46. The van der Waals surface area contributed by atoms with Crippen LogP contribution in [0.4, 0.5) is 0 Å². The zero-order valence-electron chi connectivity index (χ0n) is 20.4. The van der Waals surface area contributed by atoms with E-state index < -0.39 is 5.92 Å². The summed E-state index contributed by atoms with van der Waals surface area (Å²) in [7, 11) is 1.60. The third-order valence-corrected chi connectivity index (χ3v) is 6.27. The Hall–Kier alpha value is -4.70. The molecule has 0 bridgehead atoms. The molecule has 0 saturated heterocycles. The predicted octanol–water partition coefficient (Wildman–Crippen LogP) is 5.29. The second kappa shape index (κ2) is 9.51. The van der Waals surface area contributed by atoms with Gasteiger partial charge in [0.2, 0.25) is 11.8 Å². The van der Waals surface area contributed by atoms with E-state index in [-0.39, 0.29) is 5.88 Å². The van der Waals surface area contributed by atoms with E-state index in [4.69, 9.17) is 25.0 Å². The molecule has 36 heavy (non-hydrogen) atoms. The molecule has 2 heterocycles. The monoisotopic (exact) mass is 478 g/mol. The zero-order valence-corrected chi connectivity index (χ0v) is 20.4. The normalized spacial score (nSPS) is 14.6. The quantitative estimate of drug-likeness (QED) is 0.404. The van der Waals surface area contributed by atoms with E-state index in [0.29, 0.717) is 29.6 Å². The molecule has 180 valence electrons. The van der Waals surface area contributed by atoms with E-state index in [9.17, 15) is 5.26 Å². The van der Waals surface area contributed by atoms with Crippen molar-refractivity contribution in [3.05, 3.63) is 112 Å². The van der Waals surface area contributed by atoms with Crippen molar-refractivity contribution in [1.82, 2.24) is 9.78 Å². The number of allylic oxidation sites excluding steroid dienone is 1. The largest absolute Gasteiger partial charge is 0.493 e. The SMILES string of the molecule is COc1cc([C@H]2C(C#N)=C(N)Oc3c2c(C)nn3-c2ccc(C)cc2)ccc1OCc1ccccc1. The molecule has 0 amide bonds. The number of methoxy groups -OCH3 is 1. The summed E-state index contributed by atoms with van der Waals surface area (Å²) in [5, 5.41) is 14.7. The van der Waals surface area contributed by atoms with Crippen LogP contribution in [0.1, 0.15) is 33.9 Å². The molecule has 3 aromatic carbocycles. The number of aryl methyl sites for hydroxylation is 2. The van der Waals surface area contributed by atoms with Crippen LogP contribution in [0.2, 0.25) is 0 Å². The first-order valence-electron chi connectivity index (χ1n) is 11.6. The maximum atomic E-state index is 10.0. The fourth-order valence-electron chi connectivity index (χ4n) is 4.43. The van der Waals surface area contributed by atoms with Crippen molar-refractivity contribution in [1.29, 1.82) is 5.26 Å². The smallest absolute Gasteiger partial charge is 0.229 e. The van der Waals surface area contributed by atoms with Crippen LogP contribution in [-0.2, 0) is 6.61 Å². The Balaban J connectivity index is 1.56. The number of nitrogens with zero attached hydrogens (tertiary/aromatic N) is 3. The van der Waals surface area contributed by atoms with Crippen molar-refractivity contribution in [2.45, 2.75) is 26.4 Å². The number of hydrogen-bond acceptors (Lipinski definition) is 6. The number of aromatic nitrogens is 2. The van der Waals surface area contributed by atoms with Crippen LogP contribution in [0.15, 0.2) is 84.3 Å². The van der Waals surface area contributed by atoms with Gasteiger partial charge in [-0.2, -0.15) is 10.4 Å². The Morgan fingerprint density at radius 2 is 1.78 bits per heavy atom. The molecule has 2 N–H and O–H groups in total. The molecule has 7 nitrogen and oxygen atoms in total. The minimum atomic E-state index is -0.463. The summed E-state index contributed by atoms with van der Waals surface area (Å²) in [4.78, 5) is 0. The molecule has 0 unspecified atom stereocenters. The van der Waals surface area contributed by atoms with E-state index in [1.807, 2.05) is 86.6 Å². The Morgan fingerprint density at radius 1 is 1.03 bits per heavy atom. The van der Waals surface area contributed by atoms with Crippen LogP contribution in [0.5, 0.6) is 17.4 Å². The Labute approximate surface area is 210 Å². The van der Waals surface area contributed by atoms with Crippen molar-refractivity contribution in [2.24, 2.45) is 5.73 Å². The van der Waals surface area contributed by atoms with E-state index in [2.05, 4.69) is 6.07 Å². The lowest BCUT2D eigenvalue weighted by molar-refractivity contribution is 0.284. The van der Waals surface area contributed by atoms with Crippen LogP contribution in [0.3, 0.4) is 0 Å². The molecule has 1 atom stereocenters. The maximum absolute atomic E-state index is 10.0. The Bertz CT molecular complexity index is 1480. The summed E-state index contributed by atoms with van der Waals surface area (Å²) in [5.41, 5.74) is 12.0. The van der Waals surface area contributed by atoms with Gasteiger partial charge in [-0.05, 0) is 49.2 Å². The van der Waals surface area contributed by atoms with Crippen molar-refractivity contribution in [3.8, 4) is 29.1 Å². The lowest BCUT2D eigenvalue weighted by Crippen LogP contribution is -2.22. The third-order valence-electron chi connectivity index (χ3n) is 6.27. The molecule has 4 aromatic rings. The van der Waals surface area contributed by atoms with Gasteiger partial charge in [0.05, 0.1) is 30.0 Å². The number of fused-ring (bicyclic) bond motifs is 1. The van der Waals surface area contributed by atoms with E-state index in [1.54, 1.807) is 11.8 Å². The topological polar surface area (TPSA) is 95.3 Å².